The SMILES string of the molecule is Cc1cc(=O)[nH]c(-n2nc(C)cc2NC(=O)[C@@H]2CCCC[C@@H]2C(=O)[O-])n1. The Hall–Kier alpha value is -2.97. The van der Waals surface area contributed by atoms with E-state index in [9.17, 15) is 19.5 Å². The first-order chi connectivity index (χ1) is 12.3. The molecule has 1 aliphatic rings. The van der Waals surface area contributed by atoms with Gasteiger partial charge in [-0.05, 0) is 26.7 Å². The molecule has 3 rings (SSSR count). The third-order valence-electron chi connectivity index (χ3n) is 4.55. The average molecular weight is 358 g/mol. The number of aromatic amines is 1. The number of hydrogen-bond acceptors (Lipinski definition) is 6. The predicted octanol–water partition coefficient (Wildman–Crippen LogP) is 0.0672. The van der Waals surface area contributed by atoms with Crippen LogP contribution in [0.3, 0.4) is 0 Å². The van der Waals surface area contributed by atoms with E-state index in [2.05, 4.69) is 20.4 Å². The summed E-state index contributed by atoms with van der Waals surface area (Å²) in [5.74, 6) is -2.53. The molecule has 9 nitrogen and oxygen atoms in total. The first kappa shape index (κ1) is 17.8. The van der Waals surface area contributed by atoms with Crippen molar-refractivity contribution in [3.05, 3.63) is 33.9 Å². The van der Waals surface area contributed by atoms with Gasteiger partial charge in [0, 0.05) is 35.6 Å². The number of aromatic nitrogens is 4. The van der Waals surface area contributed by atoms with Gasteiger partial charge >= 0.3 is 0 Å². The van der Waals surface area contributed by atoms with Gasteiger partial charge in [0.25, 0.3) is 5.56 Å². The Morgan fingerprint density at radius 1 is 1.19 bits per heavy atom. The summed E-state index contributed by atoms with van der Waals surface area (Å²) in [6.07, 6.45) is 2.50. The molecule has 0 aliphatic heterocycles. The molecule has 1 saturated carbocycles. The number of carbonyl (C=O) groups is 2. The average Bonchev–Trinajstić information content (AvgIpc) is 2.94. The molecule has 0 unspecified atom stereocenters. The van der Waals surface area contributed by atoms with Crippen LogP contribution in [0.5, 0.6) is 0 Å². The van der Waals surface area contributed by atoms with Crippen molar-refractivity contribution in [2.45, 2.75) is 39.5 Å². The Morgan fingerprint density at radius 3 is 2.54 bits per heavy atom. The van der Waals surface area contributed by atoms with Crippen LogP contribution >= 0.6 is 0 Å². The zero-order valence-corrected chi connectivity index (χ0v) is 14.6. The molecule has 0 radical (unpaired) electrons. The quantitative estimate of drug-likeness (QED) is 0.794. The van der Waals surface area contributed by atoms with Crippen molar-refractivity contribution in [2.75, 3.05) is 5.32 Å². The van der Waals surface area contributed by atoms with Gasteiger partial charge in [0.1, 0.15) is 5.82 Å². The van der Waals surface area contributed by atoms with Crippen molar-refractivity contribution in [2.24, 2.45) is 11.8 Å². The Labute approximate surface area is 149 Å². The van der Waals surface area contributed by atoms with E-state index < -0.39 is 23.7 Å². The maximum absolute atomic E-state index is 12.7. The molecule has 1 fully saturated rings. The summed E-state index contributed by atoms with van der Waals surface area (Å²) in [5.41, 5.74) is 0.797. The fourth-order valence-corrected chi connectivity index (χ4v) is 3.36. The molecular weight excluding hydrogens is 338 g/mol. The van der Waals surface area contributed by atoms with E-state index in [0.717, 1.165) is 12.8 Å². The van der Waals surface area contributed by atoms with Crippen LogP contribution in [0, 0.1) is 25.7 Å². The Morgan fingerprint density at radius 2 is 1.88 bits per heavy atom. The number of H-pyrrole nitrogens is 1. The fourth-order valence-electron chi connectivity index (χ4n) is 3.36. The number of aryl methyl sites for hydroxylation is 2. The summed E-state index contributed by atoms with van der Waals surface area (Å²) in [6.45, 7) is 3.42. The molecule has 1 amide bonds. The number of carboxylic acids is 1. The zero-order valence-electron chi connectivity index (χ0n) is 14.6. The molecule has 2 atom stereocenters. The monoisotopic (exact) mass is 358 g/mol. The van der Waals surface area contributed by atoms with E-state index in [1.165, 1.54) is 10.7 Å². The van der Waals surface area contributed by atoms with Gasteiger partial charge < -0.3 is 15.2 Å². The number of amides is 1. The summed E-state index contributed by atoms with van der Waals surface area (Å²) < 4.78 is 1.33. The van der Waals surface area contributed by atoms with Gasteiger partial charge in [-0.25, -0.2) is 4.98 Å². The number of hydrogen-bond donors (Lipinski definition) is 2. The van der Waals surface area contributed by atoms with Crippen molar-refractivity contribution in [1.82, 2.24) is 19.7 Å². The Balaban J connectivity index is 1.89. The lowest BCUT2D eigenvalue weighted by molar-refractivity contribution is -0.313. The smallest absolute Gasteiger partial charge is 0.252 e. The molecule has 1 aliphatic carbocycles. The van der Waals surface area contributed by atoms with Crippen LogP contribution in [0.1, 0.15) is 37.1 Å². The van der Waals surface area contributed by atoms with E-state index in [0.29, 0.717) is 30.0 Å². The summed E-state index contributed by atoms with van der Waals surface area (Å²) in [7, 11) is 0. The number of nitrogens with one attached hydrogen (secondary N) is 2. The molecule has 0 bridgehead atoms. The third-order valence-corrected chi connectivity index (χ3v) is 4.55. The van der Waals surface area contributed by atoms with Gasteiger partial charge in [-0.3, -0.25) is 14.6 Å². The number of aliphatic carboxylic acids is 1. The van der Waals surface area contributed by atoms with Crippen LogP contribution in [-0.4, -0.2) is 31.6 Å². The fraction of sp³-hybridized carbons (Fsp3) is 0.471. The van der Waals surface area contributed by atoms with Gasteiger partial charge in [0.15, 0.2) is 0 Å². The van der Waals surface area contributed by atoms with Crippen molar-refractivity contribution in [3.8, 4) is 5.95 Å². The van der Waals surface area contributed by atoms with Gasteiger partial charge in [0.05, 0.1) is 5.69 Å². The lowest BCUT2D eigenvalue weighted by Gasteiger charge is -2.31. The predicted molar refractivity (Wildman–Crippen MR) is 90.5 cm³/mol. The van der Waals surface area contributed by atoms with E-state index in [-0.39, 0.29) is 11.5 Å². The topological polar surface area (TPSA) is 133 Å². The zero-order chi connectivity index (χ0) is 18.8. The number of rotatable bonds is 4. The van der Waals surface area contributed by atoms with Crippen LogP contribution in [-0.2, 0) is 9.59 Å². The second kappa shape index (κ2) is 7.11. The lowest BCUT2D eigenvalue weighted by Crippen LogP contribution is -2.42. The Kier molecular flexibility index (Phi) is 4.88. The van der Waals surface area contributed by atoms with Crippen molar-refractivity contribution in [3.63, 3.8) is 0 Å². The molecular formula is C17H20N5O4-. The van der Waals surface area contributed by atoms with Gasteiger partial charge in [-0.1, -0.05) is 12.8 Å². The first-order valence-electron chi connectivity index (χ1n) is 8.52. The summed E-state index contributed by atoms with van der Waals surface area (Å²) in [5, 5.41) is 18.3. The van der Waals surface area contributed by atoms with Crippen molar-refractivity contribution < 1.29 is 14.7 Å². The normalized spacial score (nSPS) is 19.9. The maximum atomic E-state index is 12.7. The molecule has 2 N–H and O–H groups in total. The second-order valence-corrected chi connectivity index (χ2v) is 6.60. The number of nitrogens with zero attached hydrogens (tertiary/aromatic N) is 3. The van der Waals surface area contributed by atoms with Crippen molar-refractivity contribution >= 4 is 17.7 Å². The largest absolute Gasteiger partial charge is 0.550 e. The molecule has 138 valence electrons. The van der Waals surface area contributed by atoms with E-state index in [1.54, 1.807) is 19.9 Å². The molecule has 0 spiro atoms. The van der Waals surface area contributed by atoms with Crippen molar-refractivity contribution in [1.29, 1.82) is 0 Å². The standard InChI is InChI=1S/C17H21N5O4/c1-9-8-14(23)20-17(18-9)22-13(7-10(2)21-22)19-15(24)11-5-3-4-6-12(11)16(25)26/h7-8,11-12H,3-6H2,1-2H3,(H,19,24)(H,25,26)(H,18,20,23)/p-1/t11-,12+/m1/s1. The highest BCUT2D eigenvalue weighted by atomic mass is 16.4. The molecule has 2 aromatic heterocycles. The highest BCUT2D eigenvalue weighted by Gasteiger charge is 2.32. The first-order valence-corrected chi connectivity index (χ1v) is 8.52. The Bertz CT molecular complexity index is 901. The van der Waals surface area contributed by atoms with Crippen LogP contribution in [0.25, 0.3) is 5.95 Å². The van der Waals surface area contributed by atoms with Gasteiger partial charge in [-0.15, -0.1) is 0 Å². The molecule has 26 heavy (non-hydrogen) atoms. The summed E-state index contributed by atoms with van der Waals surface area (Å²) in [4.78, 5) is 42.5. The third kappa shape index (κ3) is 3.66. The minimum absolute atomic E-state index is 0.179. The molecule has 0 saturated heterocycles. The van der Waals surface area contributed by atoms with Crippen LogP contribution in [0.4, 0.5) is 5.82 Å². The molecule has 9 heteroatoms. The van der Waals surface area contributed by atoms with E-state index in [4.69, 9.17) is 0 Å². The van der Waals surface area contributed by atoms with Gasteiger partial charge in [0.2, 0.25) is 11.9 Å². The van der Waals surface area contributed by atoms with Crippen LogP contribution in [0.15, 0.2) is 16.9 Å². The van der Waals surface area contributed by atoms with Crippen LogP contribution < -0.4 is 16.0 Å². The minimum Gasteiger partial charge on any atom is -0.550 e. The number of carboxylic acid groups (broad SMARTS) is 1. The van der Waals surface area contributed by atoms with E-state index in [1.807, 2.05) is 0 Å². The number of carbonyl (C=O) groups excluding carboxylic acids is 2. The second-order valence-electron chi connectivity index (χ2n) is 6.60. The summed E-state index contributed by atoms with van der Waals surface area (Å²) in [6, 6.07) is 2.99. The van der Waals surface area contributed by atoms with E-state index >= 15 is 0 Å². The highest BCUT2D eigenvalue weighted by Crippen LogP contribution is 2.31. The molecule has 0 aromatic carbocycles. The van der Waals surface area contributed by atoms with Gasteiger partial charge in [-0.2, -0.15) is 9.78 Å². The lowest BCUT2D eigenvalue weighted by atomic mass is 9.79. The molecule has 2 aromatic rings. The maximum Gasteiger partial charge on any atom is 0.252 e. The number of anilines is 1. The van der Waals surface area contributed by atoms with Crippen LogP contribution in [0.2, 0.25) is 0 Å². The molecule has 2 heterocycles. The summed E-state index contributed by atoms with van der Waals surface area (Å²) >= 11 is 0. The minimum atomic E-state index is -1.20. The highest BCUT2D eigenvalue weighted by molar-refractivity contribution is 5.94.